The van der Waals surface area contributed by atoms with Gasteiger partial charge in [0.1, 0.15) is 11.6 Å². The maximum atomic E-state index is 12.9. The molecule has 0 bridgehead atoms. The molecular weight excluding hydrogens is 354 g/mol. The number of aryl methyl sites for hydroxylation is 1. The number of carbonyl (C=O) groups excluding carboxylic acids is 1. The lowest BCUT2D eigenvalue weighted by atomic mass is 9.72. The second kappa shape index (κ2) is 6.55. The summed E-state index contributed by atoms with van der Waals surface area (Å²) in [6.07, 6.45) is 5.72. The van der Waals surface area contributed by atoms with Crippen LogP contribution in [0.2, 0.25) is 0 Å². The predicted molar refractivity (Wildman–Crippen MR) is 111 cm³/mol. The molecule has 0 unspecified atom stereocenters. The largest absolute Gasteiger partial charge is 0.343 e. The van der Waals surface area contributed by atoms with Crippen molar-refractivity contribution in [3.63, 3.8) is 0 Å². The maximum Gasteiger partial charge on any atom is 0.143 e. The van der Waals surface area contributed by atoms with Crippen molar-refractivity contribution in [1.82, 2.24) is 9.78 Å². The Balaban J connectivity index is 1.94. The van der Waals surface area contributed by atoms with Crippen molar-refractivity contribution in [1.29, 1.82) is 0 Å². The third-order valence-corrected chi connectivity index (χ3v) is 6.30. The van der Waals surface area contributed by atoms with Gasteiger partial charge in [-0.2, -0.15) is 5.10 Å². The Labute approximate surface area is 165 Å². The van der Waals surface area contributed by atoms with Crippen LogP contribution in [0.3, 0.4) is 0 Å². The van der Waals surface area contributed by atoms with Gasteiger partial charge in [0, 0.05) is 28.5 Å². The van der Waals surface area contributed by atoms with E-state index in [-0.39, 0.29) is 17.4 Å². The first-order valence-electron chi connectivity index (χ1n) is 9.55. The second-order valence-corrected chi connectivity index (χ2v) is 9.33. The average molecular weight is 382 g/mol. The van der Waals surface area contributed by atoms with Crippen molar-refractivity contribution in [3.8, 4) is 0 Å². The van der Waals surface area contributed by atoms with E-state index in [2.05, 4.69) is 74.3 Å². The van der Waals surface area contributed by atoms with Gasteiger partial charge in [-0.3, -0.25) is 4.79 Å². The number of nitrogens with zero attached hydrogens (tertiary/aromatic N) is 2. The highest BCUT2D eigenvalue weighted by molar-refractivity contribution is 7.98. The lowest BCUT2D eigenvalue weighted by Crippen LogP contribution is -2.36. The van der Waals surface area contributed by atoms with Crippen molar-refractivity contribution >= 4 is 23.4 Å². The van der Waals surface area contributed by atoms with E-state index in [1.165, 1.54) is 16.0 Å². The van der Waals surface area contributed by atoms with Crippen molar-refractivity contribution in [2.24, 2.45) is 5.92 Å². The summed E-state index contributed by atoms with van der Waals surface area (Å²) in [5.74, 6) is 1.25. The molecule has 27 heavy (non-hydrogen) atoms. The van der Waals surface area contributed by atoms with Crippen LogP contribution >= 0.6 is 11.8 Å². The summed E-state index contributed by atoms with van der Waals surface area (Å²) in [5, 5.41) is 8.45. The first-order chi connectivity index (χ1) is 12.8. The number of benzene rings is 1. The zero-order valence-electron chi connectivity index (χ0n) is 16.7. The summed E-state index contributed by atoms with van der Waals surface area (Å²) < 4.78 is 2.08. The average Bonchev–Trinajstić information content (AvgIpc) is 2.97. The minimum Gasteiger partial charge on any atom is -0.343 e. The van der Waals surface area contributed by atoms with Gasteiger partial charge in [0.2, 0.25) is 0 Å². The normalized spacial score (nSPS) is 22.0. The van der Waals surface area contributed by atoms with E-state index in [1.807, 2.05) is 0 Å². The van der Waals surface area contributed by atoms with Gasteiger partial charge in [-0.15, -0.1) is 11.8 Å². The summed E-state index contributed by atoms with van der Waals surface area (Å²) in [6.45, 7) is 8.55. The number of Topliss-reactive ketones (excluding diaryl/α,β-unsaturated/α-hetero) is 1. The number of anilines is 1. The zero-order valence-corrected chi connectivity index (χ0v) is 17.5. The Hall–Kier alpha value is -2.01. The van der Waals surface area contributed by atoms with E-state index in [0.717, 1.165) is 23.6 Å². The molecule has 1 N–H and O–H groups in total. The molecule has 1 aromatic carbocycles. The summed E-state index contributed by atoms with van der Waals surface area (Å²) in [5.41, 5.74) is 4.27. The van der Waals surface area contributed by atoms with Gasteiger partial charge in [-0.1, -0.05) is 18.2 Å². The molecule has 5 heteroatoms. The van der Waals surface area contributed by atoms with Crippen molar-refractivity contribution in [3.05, 3.63) is 52.9 Å². The Morgan fingerprint density at radius 3 is 2.52 bits per heavy atom. The number of ketones is 1. The van der Waals surface area contributed by atoms with E-state index in [1.54, 1.807) is 11.8 Å². The topological polar surface area (TPSA) is 46.9 Å². The van der Waals surface area contributed by atoms with Crippen LogP contribution in [0.1, 0.15) is 56.4 Å². The first-order valence-corrected chi connectivity index (χ1v) is 10.8. The van der Waals surface area contributed by atoms with Gasteiger partial charge >= 0.3 is 0 Å². The number of carbonyl (C=O) groups is 1. The summed E-state index contributed by atoms with van der Waals surface area (Å²) in [7, 11) is 0. The van der Waals surface area contributed by atoms with Crippen LogP contribution in [0.25, 0.3) is 0 Å². The smallest absolute Gasteiger partial charge is 0.143 e. The molecular formula is C22H27N3OS. The highest BCUT2D eigenvalue weighted by Crippen LogP contribution is 2.48. The van der Waals surface area contributed by atoms with Gasteiger partial charge in [0.25, 0.3) is 0 Å². The number of hydrogen-bond acceptors (Lipinski definition) is 4. The van der Waals surface area contributed by atoms with E-state index in [9.17, 15) is 4.79 Å². The lowest BCUT2D eigenvalue weighted by molar-refractivity contribution is -0.122. The van der Waals surface area contributed by atoms with Crippen LogP contribution in [0, 0.1) is 12.8 Å². The molecule has 0 amide bonds. The number of aromatic nitrogens is 2. The summed E-state index contributed by atoms with van der Waals surface area (Å²) in [4.78, 5) is 14.2. The molecule has 2 aromatic rings. The molecule has 0 saturated heterocycles. The first kappa shape index (κ1) is 18.4. The molecule has 2 heterocycles. The van der Waals surface area contributed by atoms with E-state index >= 15 is 0 Å². The van der Waals surface area contributed by atoms with Crippen LogP contribution in [0.5, 0.6) is 0 Å². The second-order valence-electron chi connectivity index (χ2n) is 8.45. The summed E-state index contributed by atoms with van der Waals surface area (Å²) in [6, 6.07) is 8.67. The molecule has 0 spiro atoms. The Morgan fingerprint density at radius 1 is 1.19 bits per heavy atom. The third-order valence-electron chi connectivity index (χ3n) is 5.56. The third kappa shape index (κ3) is 3.02. The number of thioether (sulfide) groups is 1. The minimum absolute atomic E-state index is 0.0207. The fraction of sp³-hybridized carbons (Fsp3) is 0.455. The molecule has 0 radical (unpaired) electrons. The molecule has 1 aliphatic heterocycles. The molecule has 2 aliphatic rings. The highest BCUT2D eigenvalue weighted by atomic mass is 32.2. The fourth-order valence-corrected chi connectivity index (χ4v) is 4.72. The van der Waals surface area contributed by atoms with Crippen molar-refractivity contribution < 1.29 is 4.79 Å². The predicted octanol–water partition coefficient (Wildman–Crippen LogP) is 5.09. The van der Waals surface area contributed by atoms with Gasteiger partial charge in [0.15, 0.2) is 0 Å². The van der Waals surface area contributed by atoms with Crippen LogP contribution in [0.15, 0.2) is 40.9 Å². The van der Waals surface area contributed by atoms with Gasteiger partial charge in [-0.05, 0) is 58.1 Å². The number of allylic oxidation sites excluding steroid dienone is 2. The van der Waals surface area contributed by atoms with E-state index in [0.29, 0.717) is 12.2 Å². The molecule has 0 fully saturated rings. The lowest BCUT2D eigenvalue weighted by Gasteiger charge is -2.38. The Bertz CT molecular complexity index is 918. The molecule has 1 aromatic heterocycles. The number of rotatable bonds is 2. The molecule has 142 valence electrons. The molecule has 4 nitrogen and oxygen atoms in total. The zero-order chi connectivity index (χ0) is 19.3. The van der Waals surface area contributed by atoms with Crippen LogP contribution in [-0.2, 0) is 10.3 Å². The minimum atomic E-state index is -0.136. The van der Waals surface area contributed by atoms with Crippen LogP contribution in [0.4, 0.5) is 5.82 Å². The standard InChI is InChI=1S/C22H27N3OS/c1-13-18-19(14-9-11-15(27-5)12-10-14)20-16(7-6-8-17(20)26)23-21(18)25(24-13)22(2,3)4/h7,9-12,19-20,23H,6,8H2,1-5H3/t19-,20+/m0/s1. The number of nitrogens with one attached hydrogen (secondary N) is 1. The number of fused-ring (bicyclic) bond motifs is 2. The van der Waals surface area contributed by atoms with E-state index in [4.69, 9.17) is 5.10 Å². The van der Waals surface area contributed by atoms with Gasteiger partial charge in [-0.25, -0.2) is 4.68 Å². The fourth-order valence-electron chi connectivity index (χ4n) is 4.31. The summed E-state index contributed by atoms with van der Waals surface area (Å²) >= 11 is 1.74. The molecule has 1 aliphatic carbocycles. The van der Waals surface area contributed by atoms with E-state index < -0.39 is 0 Å². The van der Waals surface area contributed by atoms with Crippen LogP contribution in [-0.4, -0.2) is 21.8 Å². The Morgan fingerprint density at radius 2 is 1.89 bits per heavy atom. The molecule has 0 saturated carbocycles. The van der Waals surface area contributed by atoms with Gasteiger partial charge in [0.05, 0.1) is 17.2 Å². The number of hydrogen-bond donors (Lipinski definition) is 1. The molecule has 4 rings (SSSR count). The SMILES string of the molecule is CSc1ccc([C@H]2c3c(C)nn(C(C)(C)C)c3NC3=CCCC(=O)[C@@H]32)cc1. The van der Waals surface area contributed by atoms with Crippen LogP contribution < -0.4 is 5.32 Å². The van der Waals surface area contributed by atoms with Crippen molar-refractivity contribution in [2.45, 2.75) is 56.9 Å². The Kier molecular flexibility index (Phi) is 4.46. The van der Waals surface area contributed by atoms with Crippen molar-refractivity contribution in [2.75, 3.05) is 11.6 Å². The monoisotopic (exact) mass is 381 g/mol. The van der Waals surface area contributed by atoms with Gasteiger partial charge < -0.3 is 5.32 Å². The maximum absolute atomic E-state index is 12.9. The quantitative estimate of drug-likeness (QED) is 0.736. The highest BCUT2D eigenvalue weighted by Gasteiger charge is 2.43. The molecule has 2 atom stereocenters.